The molecule has 4 rings (SSSR count). The van der Waals surface area contributed by atoms with E-state index in [2.05, 4.69) is 36.4 Å². The van der Waals surface area contributed by atoms with Crippen LogP contribution in [0.2, 0.25) is 0 Å². The molecule has 2 fully saturated rings. The molecule has 0 bridgehead atoms. The van der Waals surface area contributed by atoms with Crippen molar-refractivity contribution in [3.63, 3.8) is 0 Å². The molecule has 0 unspecified atom stereocenters. The SMILES string of the molecule is NC(=O)[C@@]1(Cc2ccc(-c3ccccc3)cc2)CCCN(C(=O)C2CCC2)C1. The van der Waals surface area contributed by atoms with Gasteiger partial charge in [0.15, 0.2) is 0 Å². The lowest BCUT2D eigenvalue weighted by molar-refractivity contribution is -0.145. The number of primary amides is 1. The maximum atomic E-state index is 12.7. The minimum Gasteiger partial charge on any atom is -0.369 e. The van der Waals surface area contributed by atoms with Crippen molar-refractivity contribution in [1.82, 2.24) is 4.90 Å². The number of piperidine rings is 1. The highest BCUT2D eigenvalue weighted by Gasteiger charge is 2.43. The summed E-state index contributed by atoms with van der Waals surface area (Å²) in [4.78, 5) is 27.1. The van der Waals surface area contributed by atoms with E-state index in [4.69, 9.17) is 5.73 Å². The molecule has 2 amide bonds. The highest BCUT2D eigenvalue weighted by molar-refractivity contribution is 5.84. The Morgan fingerprint density at radius 2 is 1.64 bits per heavy atom. The fraction of sp³-hybridized carbons (Fsp3) is 0.417. The van der Waals surface area contributed by atoms with Crippen molar-refractivity contribution in [1.29, 1.82) is 0 Å². The zero-order chi connectivity index (χ0) is 19.6. The highest BCUT2D eigenvalue weighted by atomic mass is 16.2. The van der Waals surface area contributed by atoms with Gasteiger partial charge >= 0.3 is 0 Å². The lowest BCUT2D eigenvalue weighted by atomic mass is 9.73. The van der Waals surface area contributed by atoms with Crippen LogP contribution >= 0.6 is 0 Å². The summed E-state index contributed by atoms with van der Waals surface area (Å²) < 4.78 is 0. The minimum absolute atomic E-state index is 0.161. The van der Waals surface area contributed by atoms with Gasteiger partial charge in [-0.1, -0.05) is 61.0 Å². The molecule has 4 heteroatoms. The molecule has 0 spiro atoms. The molecule has 1 heterocycles. The van der Waals surface area contributed by atoms with E-state index in [-0.39, 0.29) is 17.7 Å². The van der Waals surface area contributed by atoms with Crippen molar-refractivity contribution in [2.24, 2.45) is 17.1 Å². The topological polar surface area (TPSA) is 63.4 Å². The van der Waals surface area contributed by atoms with Gasteiger partial charge in [-0.3, -0.25) is 9.59 Å². The van der Waals surface area contributed by atoms with Crippen molar-refractivity contribution in [2.75, 3.05) is 13.1 Å². The summed E-state index contributed by atoms with van der Waals surface area (Å²) in [5, 5.41) is 0. The summed E-state index contributed by atoms with van der Waals surface area (Å²) in [5.41, 5.74) is 8.64. The van der Waals surface area contributed by atoms with Crippen LogP contribution in [-0.2, 0) is 16.0 Å². The molecule has 2 aromatic rings. The second-order valence-electron chi connectivity index (χ2n) is 8.38. The molecule has 4 nitrogen and oxygen atoms in total. The Labute approximate surface area is 166 Å². The van der Waals surface area contributed by atoms with Crippen LogP contribution in [0.4, 0.5) is 0 Å². The van der Waals surface area contributed by atoms with E-state index in [0.717, 1.165) is 49.8 Å². The molecule has 0 aromatic heterocycles. The third-order valence-electron chi connectivity index (χ3n) is 6.47. The number of carbonyl (C=O) groups is 2. The monoisotopic (exact) mass is 376 g/mol. The Morgan fingerprint density at radius 3 is 2.25 bits per heavy atom. The van der Waals surface area contributed by atoms with Crippen molar-refractivity contribution >= 4 is 11.8 Å². The van der Waals surface area contributed by atoms with Gasteiger partial charge in [-0.25, -0.2) is 0 Å². The fourth-order valence-corrected chi connectivity index (χ4v) is 4.50. The number of hydrogen-bond acceptors (Lipinski definition) is 2. The van der Waals surface area contributed by atoms with E-state index in [0.29, 0.717) is 13.0 Å². The largest absolute Gasteiger partial charge is 0.369 e. The predicted molar refractivity (Wildman–Crippen MR) is 110 cm³/mol. The number of rotatable bonds is 5. The molecule has 146 valence electrons. The molecule has 1 aliphatic heterocycles. The standard InChI is InChI=1S/C24H28N2O2/c25-23(28)24(14-5-15-26(17-24)22(27)21-8-4-9-21)16-18-10-12-20(13-11-18)19-6-2-1-3-7-19/h1-3,6-7,10-13,21H,4-5,8-9,14-17H2,(H2,25,28)/t24-/m1/s1. The third kappa shape index (κ3) is 3.68. The first-order chi connectivity index (χ1) is 13.6. The molecule has 2 aromatic carbocycles. The summed E-state index contributed by atoms with van der Waals surface area (Å²) in [6, 6.07) is 18.6. The molecule has 1 saturated heterocycles. The highest BCUT2D eigenvalue weighted by Crippen LogP contribution is 2.37. The lowest BCUT2D eigenvalue weighted by Gasteiger charge is -2.43. The van der Waals surface area contributed by atoms with Gasteiger partial charge in [0.25, 0.3) is 0 Å². The number of nitrogens with zero attached hydrogens (tertiary/aromatic N) is 1. The molecule has 2 N–H and O–H groups in total. The van der Waals surface area contributed by atoms with Gasteiger partial charge in [-0.05, 0) is 48.8 Å². The van der Waals surface area contributed by atoms with Gasteiger partial charge in [0.1, 0.15) is 0 Å². The maximum absolute atomic E-state index is 12.7. The van der Waals surface area contributed by atoms with E-state index in [9.17, 15) is 9.59 Å². The average Bonchev–Trinajstić information content (AvgIpc) is 2.68. The van der Waals surface area contributed by atoms with Gasteiger partial charge in [0, 0.05) is 19.0 Å². The smallest absolute Gasteiger partial charge is 0.225 e. The fourth-order valence-electron chi connectivity index (χ4n) is 4.50. The zero-order valence-electron chi connectivity index (χ0n) is 16.3. The summed E-state index contributed by atoms with van der Waals surface area (Å²) in [6.07, 6.45) is 5.28. The van der Waals surface area contributed by atoms with E-state index in [1.54, 1.807) is 0 Å². The number of amides is 2. The van der Waals surface area contributed by atoms with Crippen LogP contribution in [0.5, 0.6) is 0 Å². The van der Waals surface area contributed by atoms with Crippen LogP contribution in [0.25, 0.3) is 11.1 Å². The molecule has 1 saturated carbocycles. The molecule has 2 aliphatic rings. The van der Waals surface area contributed by atoms with Gasteiger partial charge in [0.2, 0.25) is 11.8 Å². The van der Waals surface area contributed by atoms with Gasteiger partial charge in [-0.2, -0.15) is 0 Å². The normalized spacial score (nSPS) is 22.5. The lowest BCUT2D eigenvalue weighted by Crippen LogP contribution is -2.54. The van der Waals surface area contributed by atoms with E-state index >= 15 is 0 Å². The summed E-state index contributed by atoms with van der Waals surface area (Å²) >= 11 is 0. The first-order valence-electron chi connectivity index (χ1n) is 10.3. The number of likely N-dealkylation sites (tertiary alicyclic amines) is 1. The van der Waals surface area contributed by atoms with Gasteiger partial charge in [0.05, 0.1) is 5.41 Å². The first kappa shape index (κ1) is 18.7. The molecule has 0 radical (unpaired) electrons. The van der Waals surface area contributed by atoms with Gasteiger partial charge in [-0.15, -0.1) is 0 Å². The molecular formula is C24H28N2O2. The van der Waals surface area contributed by atoms with Crippen LogP contribution < -0.4 is 5.73 Å². The minimum atomic E-state index is -0.661. The Hall–Kier alpha value is -2.62. The number of benzene rings is 2. The Kier molecular flexibility index (Phi) is 5.21. The molecule has 1 atom stereocenters. The summed E-state index contributed by atoms with van der Waals surface area (Å²) in [5.74, 6) is 0.0931. The van der Waals surface area contributed by atoms with E-state index < -0.39 is 5.41 Å². The number of hydrogen-bond donors (Lipinski definition) is 1. The van der Waals surface area contributed by atoms with Crippen LogP contribution in [0.15, 0.2) is 54.6 Å². The van der Waals surface area contributed by atoms with Crippen molar-refractivity contribution in [2.45, 2.75) is 38.5 Å². The Bertz CT molecular complexity index is 843. The van der Waals surface area contributed by atoms with Crippen LogP contribution in [0.3, 0.4) is 0 Å². The van der Waals surface area contributed by atoms with E-state index in [1.807, 2.05) is 23.1 Å². The molecule has 1 aliphatic carbocycles. The Morgan fingerprint density at radius 1 is 0.964 bits per heavy atom. The third-order valence-corrected chi connectivity index (χ3v) is 6.47. The van der Waals surface area contributed by atoms with Crippen molar-refractivity contribution < 1.29 is 9.59 Å². The van der Waals surface area contributed by atoms with Gasteiger partial charge < -0.3 is 10.6 Å². The second kappa shape index (κ2) is 7.78. The maximum Gasteiger partial charge on any atom is 0.225 e. The average molecular weight is 377 g/mol. The number of nitrogens with two attached hydrogens (primary N) is 1. The van der Waals surface area contributed by atoms with Crippen molar-refractivity contribution in [3.05, 3.63) is 60.2 Å². The van der Waals surface area contributed by atoms with Crippen LogP contribution in [0.1, 0.15) is 37.7 Å². The van der Waals surface area contributed by atoms with E-state index in [1.165, 1.54) is 5.56 Å². The first-order valence-corrected chi connectivity index (χ1v) is 10.3. The second-order valence-corrected chi connectivity index (χ2v) is 8.38. The van der Waals surface area contributed by atoms with Crippen LogP contribution in [-0.4, -0.2) is 29.8 Å². The summed E-state index contributed by atoms with van der Waals surface area (Å²) in [7, 11) is 0. The predicted octanol–water partition coefficient (Wildman–Crippen LogP) is 3.79. The van der Waals surface area contributed by atoms with Crippen LogP contribution in [0, 0.1) is 11.3 Å². The van der Waals surface area contributed by atoms with Crippen molar-refractivity contribution in [3.8, 4) is 11.1 Å². The Balaban J connectivity index is 1.51. The molecular weight excluding hydrogens is 348 g/mol. The molecule has 28 heavy (non-hydrogen) atoms. The quantitative estimate of drug-likeness (QED) is 0.863. The summed E-state index contributed by atoms with van der Waals surface area (Å²) in [6.45, 7) is 1.20. The number of carbonyl (C=O) groups excluding carboxylic acids is 2. The zero-order valence-corrected chi connectivity index (χ0v) is 16.3.